The van der Waals surface area contributed by atoms with Crippen molar-refractivity contribution in [2.75, 3.05) is 26.7 Å². The Kier molecular flexibility index (Phi) is 2.74. The van der Waals surface area contributed by atoms with Crippen molar-refractivity contribution in [3.05, 3.63) is 0 Å². The van der Waals surface area contributed by atoms with Crippen LogP contribution in [0.1, 0.15) is 12.8 Å². The lowest BCUT2D eigenvalue weighted by molar-refractivity contribution is 0.0801. The van der Waals surface area contributed by atoms with E-state index in [1.807, 2.05) is 0 Å². The zero-order valence-electron chi connectivity index (χ0n) is 8.57. The van der Waals surface area contributed by atoms with Crippen molar-refractivity contribution in [2.24, 2.45) is 17.0 Å². The number of oxime groups is 1. The Morgan fingerprint density at radius 3 is 2.64 bits per heavy atom. The van der Waals surface area contributed by atoms with Gasteiger partial charge in [0.2, 0.25) is 0 Å². The topological polar surface area (TPSA) is 24.8 Å². The van der Waals surface area contributed by atoms with Gasteiger partial charge in [0.05, 0.1) is 0 Å². The highest BCUT2D eigenvalue weighted by Crippen LogP contribution is 2.33. The number of piperidine rings is 3. The summed E-state index contributed by atoms with van der Waals surface area (Å²) in [6.07, 6.45) is 7.96. The molecule has 76 valence electrons. The molecule has 0 radical (unpaired) electrons. The van der Waals surface area contributed by atoms with Crippen LogP contribution in [-0.4, -0.2) is 37.4 Å². The van der Waals surface area contributed by atoms with Crippen molar-refractivity contribution in [1.82, 2.24) is 4.90 Å². The van der Waals surface area contributed by atoms with Crippen LogP contribution in [0.4, 0.5) is 0 Å². The molecule has 0 N–H and O–H groups in total. The first-order valence-electron chi connectivity index (χ1n) is 5.15. The van der Waals surface area contributed by atoms with Crippen LogP contribution in [0.3, 0.4) is 0 Å². The highest BCUT2D eigenvalue weighted by Gasteiger charge is 2.36. The summed E-state index contributed by atoms with van der Waals surface area (Å²) in [5.41, 5.74) is 0.793. The molecule has 2 bridgehead atoms. The third kappa shape index (κ3) is 1.62. The van der Waals surface area contributed by atoms with Crippen LogP contribution in [-0.2, 0) is 4.84 Å². The van der Waals surface area contributed by atoms with Gasteiger partial charge in [0, 0.05) is 12.5 Å². The largest absolute Gasteiger partial charge is 0.398 e. The lowest BCUT2D eigenvalue weighted by Gasteiger charge is -2.44. The Morgan fingerprint density at radius 2 is 2.21 bits per heavy atom. The molecule has 3 nitrogen and oxygen atoms in total. The minimum absolute atomic E-state index is 0.433. The molecular formula is C11H16N2O. The van der Waals surface area contributed by atoms with E-state index in [4.69, 9.17) is 11.3 Å². The summed E-state index contributed by atoms with van der Waals surface area (Å²) in [7, 11) is 1.55. The van der Waals surface area contributed by atoms with Crippen LogP contribution in [0.25, 0.3) is 0 Å². The van der Waals surface area contributed by atoms with Gasteiger partial charge in [-0.1, -0.05) is 11.1 Å². The molecule has 3 aliphatic rings. The van der Waals surface area contributed by atoms with Gasteiger partial charge >= 0.3 is 0 Å². The normalized spacial score (nSPS) is 36.6. The molecule has 3 rings (SSSR count). The Bertz CT molecular complexity index is 272. The minimum atomic E-state index is 0.433. The van der Waals surface area contributed by atoms with Gasteiger partial charge in [-0.15, -0.1) is 6.42 Å². The molecule has 0 spiro atoms. The number of nitrogens with zero attached hydrogens (tertiary/aromatic N) is 2. The first-order valence-corrected chi connectivity index (χ1v) is 5.15. The number of rotatable bonds is 2. The maximum Gasteiger partial charge on any atom is 0.134 e. The van der Waals surface area contributed by atoms with Gasteiger partial charge in [0.15, 0.2) is 0 Å². The Labute approximate surface area is 85.1 Å². The third-order valence-corrected chi connectivity index (χ3v) is 3.34. The molecule has 3 heteroatoms. The van der Waals surface area contributed by atoms with Crippen molar-refractivity contribution in [3.8, 4) is 12.3 Å². The van der Waals surface area contributed by atoms with Gasteiger partial charge in [0.25, 0.3) is 0 Å². The summed E-state index contributed by atoms with van der Waals surface area (Å²) in [5.74, 6) is 3.82. The van der Waals surface area contributed by atoms with Crippen LogP contribution in [0.5, 0.6) is 0 Å². The highest BCUT2D eigenvalue weighted by atomic mass is 16.6. The van der Waals surface area contributed by atoms with Crippen LogP contribution in [0, 0.1) is 24.2 Å². The Hall–Kier alpha value is -1.01. The maximum atomic E-state index is 5.44. The van der Waals surface area contributed by atoms with Crippen molar-refractivity contribution < 1.29 is 4.84 Å². The first kappa shape index (κ1) is 9.54. The molecule has 1 unspecified atom stereocenters. The Morgan fingerprint density at radius 1 is 1.50 bits per heavy atom. The zero-order chi connectivity index (χ0) is 9.97. The lowest BCUT2D eigenvalue weighted by atomic mass is 9.77. The smallest absolute Gasteiger partial charge is 0.134 e. The van der Waals surface area contributed by atoms with Gasteiger partial charge < -0.3 is 9.74 Å². The summed E-state index contributed by atoms with van der Waals surface area (Å²) in [6, 6.07) is 0. The molecule has 0 aromatic carbocycles. The molecule has 1 atom stereocenters. The number of terminal acetylenes is 1. The second-order valence-corrected chi connectivity index (χ2v) is 4.05. The van der Waals surface area contributed by atoms with E-state index in [9.17, 15) is 0 Å². The van der Waals surface area contributed by atoms with E-state index in [0.29, 0.717) is 5.92 Å². The molecule has 3 aliphatic heterocycles. The lowest BCUT2D eigenvalue weighted by Crippen LogP contribution is -2.49. The summed E-state index contributed by atoms with van der Waals surface area (Å²) < 4.78 is 0. The van der Waals surface area contributed by atoms with Gasteiger partial charge in [-0.3, -0.25) is 0 Å². The van der Waals surface area contributed by atoms with E-state index < -0.39 is 0 Å². The molecule has 0 aromatic heterocycles. The van der Waals surface area contributed by atoms with Gasteiger partial charge in [-0.05, 0) is 31.8 Å². The van der Waals surface area contributed by atoms with Crippen LogP contribution >= 0.6 is 0 Å². The average Bonchev–Trinajstić information content (AvgIpc) is 2.27. The summed E-state index contributed by atoms with van der Waals surface area (Å²) in [5, 5.41) is 3.94. The van der Waals surface area contributed by atoms with Gasteiger partial charge in [0.1, 0.15) is 12.8 Å². The molecule has 3 fully saturated rings. The first-order chi connectivity index (χ1) is 6.85. The summed E-state index contributed by atoms with van der Waals surface area (Å²) in [6.45, 7) is 3.52. The van der Waals surface area contributed by atoms with E-state index in [0.717, 1.165) is 18.2 Å². The molecular weight excluding hydrogens is 176 g/mol. The summed E-state index contributed by atoms with van der Waals surface area (Å²) >= 11 is 0. The minimum Gasteiger partial charge on any atom is -0.398 e. The van der Waals surface area contributed by atoms with Crippen molar-refractivity contribution >= 4 is 5.71 Å². The standard InChI is InChI=1S/C11H16N2O/c1-3-11(12-14-2)10-8-13-6-4-9(10)5-7-13/h1,9-10H,4-8H2,2H3/b12-11-. The zero-order valence-corrected chi connectivity index (χ0v) is 8.57. The second kappa shape index (κ2) is 4.02. The molecule has 0 saturated carbocycles. The molecule has 3 heterocycles. The van der Waals surface area contributed by atoms with E-state index in [-0.39, 0.29) is 0 Å². The average molecular weight is 192 g/mol. The second-order valence-electron chi connectivity index (χ2n) is 4.05. The van der Waals surface area contributed by atoms with Crippen LogP contribution in [0.15, 0.2) is 5.16 Å². The highest BCUT2D eigenvalue weighted by molar-refractivity contribution is 6.01. The fraction of sp³-hybridized carbons (Fsp3) is 0.727. The van der Waals surface area contributed by atoms with Gasteiger partial charge in [-0.2, -0.15) is 0 Å². The van der Waals surface area contributed by atoms with Crippen molar-refractivity contribution in [1.29, 1.82) is 0 Å². The van der Waals surface area contributed by atoms with E-state index in [1.54, 1.807) is 7.11 Å². The van der Waals surface area contributed by atoms with E-state index in [1.165, 1.54) is 25.9 Å². The molecule has 3 saturated heterocycles. The molecule has 0 aromatic rings. The van der Waals surface area contributed by atoms with E-state index in [2.05, 4.69) is 16.0 Å². The quantitative estimate of drug-likeness (QED) is 0.370. The Balaban J connectivity index is 2.11. The number of hydrogen-bond donors (Lipinski definition) is 0. The maximum absolute atomic E-state index is 5.44. The third-order valence-electron chi connectivity index (χ3n) is 3.34. The predicted octanol–water partition coefficient (Wildman–Crippen LogP) is 0.964. The fourth-order valence-corrected chi connectivity index (χ4v) is 2.57. The van der Waals surface area contributed by atoms with Crippen molar-refractivity contribution in [3.63, 3.8) is 0 Å². The monoisotopic (exact) mass is 192 g/mol. The predicted molar refractivity (Wildman–Crippen MR) is 55.9 cm³/mol. The van der Waals surface area contributed by atoms with Crippen LogP contribution in [0.2, 0.25) is 0 Å². The fourth-order valence-electron chi connectivity index (χ4n) is 2.57. The van der Waals surface area contributed by atoms with Crippen LogP contribution < -0.4 is 0 Å². The van der Waals surface area contributed by atoms with Gasteiger partial charge in [-0.25, -0.2) is 0 Å². The number of hydrogen-bond acceptors (Lipinski definition) is 3. The van der Waals surface area contributed by atoms with E-state index >= 15 is 0 Å². The molecule has 14 heavy (non-hydrogen) atoms. The number of fused-ring (bicyclic) bond motifs is 3. The molecule has 0 aliphatic carbocycles. The molecule has 0 amide bonds. The summed E-state index contributed by atoms with van der Waals surface area (Å²) in [4.78, 5) is 7.25. The SMILES string of the molecule is C#C/C(=N/OC)C1CN2CCC1CC2. The van der Waals surface area contributed by atoms with Crippen molar-refractivity contribution in [2.45, 2.75) is 12.8 Å².